The Balaban J connectivity index is -0.000000354. The second kappa shape index (κ2) is 27.7. The van der Waals surface area contributed by atoms with Crippen LogP contribution in [0.1, 0.15) is 134 Å². The summed E-state index contributed by atoms with van der Waals surface area (Å²) in [5.41, 5.74) is 5.70. The minimum absolute atomic E-state index is 0. The van der Waals surface area contributed by atoms with Crippen LogP contribution >= 0.6 is 21.6 Å². The van der Waals surface area contributed by atoms with Gasteiger partial charge in [-0.3, -0.25) is 4.99 Å². The van der Waals surface area contributed by atoms with Crippen LogP contribution in [-0.2, 0) is 0 Å². The van der Waals surface area contributed by atoms with Gasteiger partial charge >= 0.3 is 0 Å². The number of rotatable bonds is 10. The number of nitrogens with zero attached hydrogens (tertiary/aromatic N) is 1. The fourth-order valence-corrected chi connectivity index (χ4v) is 3.58. The van der Waals surface area contributed by atoms with Gasteiger partial charge in [-0.1, -0.05) is 99.1 Å². The van der Waals surface area contributed by atoms with Crippen molar-refractivity contribution in [1.29, 1.82) is 0 Å². The lowest BCUT2D eigenvalue weighted by molar-refractivity contribution is 0.514. The van der Waals surface area contributed by atoms with Gasteiger partial charge in [-0.2, -0.15) is 0 Å². The lowest BCUT2D eigenvalue weighted by Gasteiger charge is -2.11. The Hall–Kier alpha value is -1.31. The Morgan fingerprint density at radius 3 is 1.70 bits per heavy atom. The van der Waals surface area contributed by atoms with Crippen LogP contribution in [0.15, 0.2) is 46.1 Å². The fraction of sp³-hybridized carbons (Fsp3) is 0.594. The van der Waals surface area contributed by atoms with E-state index in [2.05, 4.69) is 28.1 Å². The third kappa shape index (κ3) is 19.4. The molecule has 0 spiro atoms. The predicted octanol–water partition coefficient (Wildman–Crippen LogP) is 11.8. The Labute approximate surface area is 238 Å². The van der Waals surface area contributed by atoms with Crippen LogP contribution in [0.5, 0.6) is 0 Å². The maximum absolute atomic E-state index is 13.7. The quantitative estimate of drug-likeness (QED) is 0.117. The minimum atomic E-state index is -0.825. The Kier molecular flexibility index (Phi) is 32.0. The van der Waals surface area contributed by atoms with Crippen LogP contribution in [0.2, 0.25) is 0 Å². The van der Waals surface area contributed by atoms with E-state index in [0.717, 1.165) is 34.5 Å². The first-order valence-corrected chi connectivity index (χ1v) is 14.5. The average molecular weight is 560 g/mol. The summed E-state index contributed by atoms with van der Waals surface area (Å²) in [4.78, 5) is 4.51. The second-order valence-corrected chi connectivity index (χ2v) is 8.93. The first-order valence-electron chi connectivity index (χ1n) is 13.9. The van der Waals surface area contributed by atoms with Gasteiger partial charge in [-0.25, -0.2) is 8.78 Å². The summed E-state index contributed by atoms with van der Waals surface area (Å²) in [6.07, 6.45) is 13.2. The molecule has 0 aromatic heterocycles. The first kappa shape index (κ1) is 42.8. The zero-order valence-corrected chi connectivity index (χ0v) is 27.9. The van der Waals surface area contributed by atoms with E-state index in [-0.39, 0.29) is 17.7 Å². The van der Waals surface area contributed by atoms with Crippen molar-refractivity contribution in [2.75, 3.05) is 0 Å². The molecule has 0 saturated carbocycles. The molecule has 1 nitrogen and oxygen atoms in total. The lowest BCUT2D eigenvalue weighted by Crippen LogP contribution is -2.04. The average Bonchev–Trinajstić information content (AvgIpc) is 2.87. The van der Waals surface area contributed by atoms with E-state index in [4.69, 9.17) is 0 Å². The molecular formula is C32H57ClF2NP. The minimum Gasteiger partial charge on any atom is -0.263 e. The van der Waals surface area contributed by atoms with E-state index in [9.17, 15) is 8.78 Å². The standard InChI is InChI=1S/C20H26F2NP.C8H18.2C2H6.ClH/c1-7-15(13(5)14(6)23-12(3)4)9-16(8-2)17-10-18(21)20(22)19(24)11-17;1-3-5-7-8-6-4-2;2*1-2;/h7,9-11H,8,24H2,1-6H3;3-8H2,1-2H3;2*1-2H3;1H/b14-13-,15-7-,16-9+;;;;. The van der Waals surface area contributed by atoms with Gasteiger partial charge in [0.15, 0.2) is 11.6 Å². The molecule has 0 aliphatic rings. The summed E-state index contributed by atoms with van der Waals surface area (Å²) in [7, 11) is 2.25. The number of hydrogen-bond donors (Lipinski definition) is 0. The molecule has 0 aliphatic carbocycles. The van der Waals surface area contributed by atoms with Crippen LogP contribution in [0.25, 0.3) is 5.57 Å². The summed E-state index contributed by atoms with van der Waals surface area (Å²) in [6.45, 7) is 24.4. The van der Waals surface area contributed by atoms with Crippen molar-refractivity contribution in [2.45, 2.75) is 128 Å². The molecule has 1 atom stereocenters. The van der Waals surface area contributed by atoms with Gasteiger partial charge in [0.05, 0.1) is 0 Å². The van der Waals surface area contributed by atoms with Crippen LogP contribution in [-0.4, -0.2) is 5.71 Å². The van der Waals surface area contributed by atoms with Gasteiger partial charge < -0.3 is 0 Å². The number of allylic oxidation sites excluding steroid dienone is 6. The van der Waals surface area contributed by atoms with Gasteiger partial charge in [0.2, 0.25) is 0 Å². The number of hydrogen-bond acceptors (Lipinski definition) is 1. The van der Waals surface area contributed by atoms with E-state index in [0.29, 0.717) is 5.56 Å². The monoisotopic (exact) mass is 559 g/mol. The number of unbranched alkanes of at least 4 members (excludes halogenated alkanes) is 5. The Morgan fingerprint density at radius 1 is 0.865 bits per heavy atom. The molecule has 1 aromatic rings. The highest BCUT2D eigenvalue weighted by Crippen LogP contribution is 2.26. The summed E-state index contributed by atoms with van der Waals surface area (Å²) < 4.78 is 27.2. The molecule has 5 heteroatoms. The van der Waals surface area contributed by atoms with E-state index in [1.165, 1.54) is 44.6 Å². The normalized spacial score (nSPS) is 11.3. The van der Waals surface area contributed by atoms with Crippen LogP contribution < -0.4 is 5.30 Å². The fourth-order valence-electron chi connectivity index (χ4n) is 3.26. The SMILES string of the molecule is C/C=C(/C=C(\CC)c1cc(F)c(F)c(P)c1)C(\C)=C(\C)N=C(C)C.CC.CC.CCCCCCCC.Cl. The van der Waals surface area contributed by atoms with Crippen molar-refractivity contribution in [1.82, 2.24) is 0 Å². The largest absolute Gasteiger partial charge is 0.263 e. The van der Waals surface area contributed by atoms with Crippen molar-refractivity contribution in [3.63, 3.8) is 0 Å². The zero-order chi connectivity index (χ0) is 28.7. The van der Waals surface area contributed by atoms with Crippen molar-refractivity contribution in [3.8, 4) is 0 Å². The lowest BCUT2D eigenvalue weighted by atomic mass is 9.96. The second-order valence-electron chi connectivity index (χ2n) is 8.31. The van der Waals surface area contributed by atoms with Crippen molar-refractivity contribution in [3.05, 3.63) is 58.3 Å². The molecule has 0 radical (unpaired) electrons. The Bertz CT molecular complexity index is 806. The van der Waals surface area contributed by atoms with Gasteiger partial charge in [0, 0.05) is 16.7 Å². The maximum atomic E-state index is 13.7. The number of aliphatic imine (C=N–C) groups is 1. The molecule has 0 heterocycles. The molecule has 0 saturated heterocycles. The highest BCUT2D eigenvalue weighted by atomic mass is 35.5. The van der Waals surface area contributed by atoms with E-state index < -0.39 is 11.6 Å². The van der Waals surface area contributed by atoms with E-state index in [1.807, 2.05) is 81.4 Å². The molecular weight excluding hydrogens is 503 g/mol. The van der Waals surface area contributed by atoms with Gasteiger partial charge in [0.25, 0.3) is 0 Å². The number of benzene rings is 1. The highest BCUT2D eigenvalue weighted by Gasteiger charge is 2.11. The molecule has 37 heavy (non-hydrogen) atoms. The third-order valence-electron chi connectivity index (χ3n) is 5.27. The molecule has 1 aromatic carbocycles. The van der Waals surface area contributed by atoms with Crippen molar-refractivity contribution < 1.29 is 8.78 Å². The van der Waals surface area contributed by atoms with Gasteiger partial charge in [0.1, 0.15) is 0 Å². The molecule has 1 rings (SSSR count). The van der Waals surface area contributed by atoms with Gasteiger partial charge in [-0.15, -0.1) is 21.6 Å². The molecule has 0 fully saturated rings. The van der Waals surface area contributed by atoms with Crippen LogP contribution in [0.3, 0.4) is 0 Å². The molecule has 0 N–H and O–H groups in total. The summed E-state index contributed by atoms with van der Waals surface area (Å²) in [5.74, 6) is -1.64. The number of halogens is 3. The van der Waals surface area contributed by atoms with Crippen molar-refractivity contribution in [2.24, 2.45) is 4.99 Å². The summed E-state index contributed by atoms with van der Waals surface area (Å²) in [5, 5.41) is 0.237. The van der Waals surface area contributed by atoms with E-state index >= 15 is 0 Å². The first-order chi connectivity index (χ1) is 17.1. The highest BCUT2D eigenvalue weighted by molar-refractivity contribution is 7.27. The third-order valence-corrected chi connectivity index (χ3v) is 5.69. The van der Waals surface area contributed by atoms with Crippen LogP contribution in [0.4, 0.5) is 8.78 Å². The molecule has 216 valence electrons. The van der Waals surface area contributed by atoms with Crippen molar-refractivity contribution >= 4 is 38.2 Å². The molecule has 1 unspecified atom stereocenters. The smallest absolute Gasteiger partial charge is 0.165 e. The topological polar surface area (TPSA) is 12.4 Å². The van der Waals surface area contributed by atoms with Crippen LogP contribution in [0, 0.1) is 11.6 Å². The molecule has 0 bridgehead atoms. The summed E-state index contributed by atoms with van der Waals surface area (Å²) >= 11 is 0. The predicted molar refractivity (Wildman–Crippen MR) is 174 cm³/mol. The molecule has 0 amide bonds. The molecule has 0 aliphatic heterocycles. The zero-order valence-electron chi connectivity index (χ0n) is 25.9. The van der Waals surface area contributed by atoms with E-state index in [1.54, 1.807) is 6.07 Å². The maximum Gasteiger partial charge on any atom is 0.165 e. The Morgan fingerprint density at radius 2 is 1.35 bits per heavy atom. The summed E-state index contributed by atoms with van der Waals surface area (Å²) in [6, 6.07) is 2.91. The van der Waals surface area contributed by atoms with Gasteiger partial charge in [-0.05, 0) is 75.5 Å².